The van der Waals surface area contributed by atoms with Gasteiger partial charge in [-0.2, -0.15) is 0 Å². The van der Waals surface area contributed by atoms with Crippen molar-refractivity contribution in [2.45, 2.75) is 18.4 Å². The number of benzene rings is 2. The molecule has 2 N–H and O–H groups in total. The monoisotopic (exact) mass is 434 g/mol. The van der Waals surface area contributed by atoms with E-state index < -0.39 is 12.0 Å². The number of imidazole rings is 1. The SMILES string of the molecule is COc1ccc([C@H]2[C@H](C(=O)NCCc3cnc[nH]3)c3ccccc3C(=O)N2C)cc1OC. The Morgan fingerprint density at radius 2 is 1.94 bits per heavy atom. The Morgan fingerprint density at radius 3 is 2.66 bits per heavy atom. The Hall–Kier alpha value is -3.81. The maximum absolute atomic E-state index is 13.5. The lowest BCUT2D eigenvalue weighted by Gasteiger charge is -2.40. The van der Waals surface area contributed by atoms with Crippen molar-refractivity contribution in [1.82, 2.24) is 20.2 Å². The number of hydrogen-bond acceptors (Lipinski definition) is 5. The van der Waals surface area contributed by atoms with Gasteiger partial charge in [0.1, 0.15) is 0 Å². The molecule has 32 heavy (non-hydrogen) atoms. The second-order valence-corrected chi connectivity index (χ2v) is 7.66. The van der Waals surface area contributed by atoms with Crippen molar-refractivity contribution in [2.75, 3.05) is 27.8 Å². The molecule has 0 fully saturated rings. The highest BCUT2D eigenvalue weighted by Crippen LogP contribution is 2.43. The van der Waals surface area contributed by atoms with E-state index in [2.05, 4.69) is 15.3 Å². The highest BCUT2D eigenvalue weighted by atomic mass is 16.5. The predicted molar refractivity (Wildman–Crippen MR) is 119 cm³/mol. The van der Waals surface area contributed by atoms with Crippen molar-refractivity contribution in [1.29, 1.82) is 0 Å². The van der Waals surface area contributed by atoms with Crippen LogP contribution in [0.2, 0.25) is 0 Å². The van der Waals surface area contributed by atoms with Gasteiger partial charge in [0.15, 0.2) is 11.5 Å². The molecule has 1 aromatic heterocycles. The fourth-order valence-corrected chi connectivity index (χ4v) is 4.26. The minimum absolute atomic E-state index is 0.123. The molecule has 1 aliphatic heterocycles. The number of nitrogens with one attached hydrogen (secondary N) is 2. The number of likely N-dealkylation sites (N-methyl/N-ethyl adjacent to an activating group) is 1. The van der Waals surface area contributed by atoms with Crippen LogP contribution >= 0.6 is 0 Å². The first kappa shape index (κ1) is 21.4. The van der Waals surface area contributed by atoms with Crippen LogP contribution in [-0.4, -0.2) is 54.5 Å². The van der Waals surface area contributed by atoms with E-state index in [1.807, 2.05) is 30.3 Å². The fraction of sp³-hybridized carbons (Fsp3) is 0.292. The highest BCUT2D eigenvalue weighted by molar-refractivity contribution is 6.01. The van der Waals surface area contributed by atoms with E-state index in [1.165, 1.54) is 0 Å². The first-order valence-electron chi connectivity index (χ1n) is 10.4. The summed E-state index contributed by atoms with van der Waals surface area (Å²) < 4.78 is 10.8. The maximum atomic E-state index is 13.5. The molecule has 2 atom stereocenters. The second kappa shape index (κ2) is 9.13. The van der Waals surface area contributed by atoms with Crippen LogP contribution in [0.15, 0.2) is 55.0 Å². The van der Waals surface area contributed by atoms with E-state index in [4.69, 9.17) is 9.47 Å². The van der Waals surface area contributed by atoms with Crippen LogP contribution in [0.3, 0.4) is 0 Å². The van der Waals surface area contributed by atoms with Gasteiger partial charge in [-0.05, 0) is 29.3 Å². The van der Waals surface area contributed by atoms with Crippen molar-refractivity contribution in [3.8, 4) is 11.5 Å². The van der Waals surface area contributed by atoms with Gasteiger partial charge in [0.25, 0.3) is 5.91 Å². The van der Waals surface area contributed by atoms with Crippen molar-refractivity contribution >= 4 is 11.8 Å². The number of methoxy groups -OCH3 is 2. The molecule has 8 heteroatoms. The molecule has 0 bridgehead atoms. The number of ether oxygens (including phenoxy) is 2. The number of hydrogen-bond donors (Lipinski definition) is 2. The zero-order chi connectivity index (χ0) is 22.7. The highest BCUT2D eigenvalue weighted by Gasteiger charge is 2.42. The number of carbonyl (C=O) groups is 2. The number of aromatic amines is 1. The largest absolute Gasteiger partial charge is 0.493 e. The second-order valence-electron chi connectivity index (χ2n) is 7.66. The summed E-state index contributed by atoms with van der Waals surface area (Å²) >= 11 is 0. The number of nitrogens with zero attached hydrogens (tertiary/aromatic N) is 2. The normalized spacial score (nSPS) is 17.6. The van der Waals surface area contributed by atoms with Crippen LogP contribution in [0, 0.1) is 0 Å². The number of fused-ring (bicyclic) bond motifs is 1. The van der Waals surface area contributed by atoms with Gasteiger partial charge in [-0.1, -0.05) is 24.3 Å². The predicted octanol–water partition coefficient (Wildman–Crippen LogP) is 2.70. The van der Waals surface area contributed by atoms with Crippen molar-refractivity contribution < 1.29 is 19.1 Å². The summed E-state index contributed by atoms with van der Waals surface area (Å²) in [6.07, 6.45) is 3.99. The van der Waals surface area contributed by atoms with Crippen molar-refractivity contribution in [3.63, 3.8) is 0 Å². The Balaban J connectivity index is 1.71. The number of aromatic nitrogens is 2. The molecular weight excluding hydrogens is 408 g/mol. The maximum Gasteiger partial charge on any atom is 0.254 e. The quantitative estimate of drug-likeness (QED) is 0.596. The van der Waals surface area contributed by atoms with Gasteiger partial charge in [0.05, 0.1) is 32.5 Å². The molecule has 0 saturated carbocycles. The van der Waals surface area contributed by atoms with E-state index in [0.29, 0.717) is 30.0 Å². The average molecular weight is 434 g/mol. The minimum atomic E-state index is -0.575. The van der Waals surface area contributed by atoms with E-state index in [1.54, 1.807) is 50.8 Å². The van der Waals surface area contributed by atoms with Crippen LogP contribution in [0.4, 0.5) is 0 Å². The van der Waals surface area contributed by atoms with Crippen LogP contribution < -0.4 is 14.8 Å². The number of rotatable bonds is 7. The third-order valence-corrected chi connectivity index (χ3v) is 5.86. The van der Waals surface area contributed by atoms with Gasteiger partial charge in [-0.25, -0.2) is 4.98 Å². The molecule has 2 aromatic carbocycles. The molecule has 0 saturated heterocycles. The van der Waals surface area contributed by atoms with Gasteiger partial charge in [-0.3, -0.25) is 9.59 Å². The lowest BCUT2D eigenvalue weighted by Crippen LogP contribution is -2.46. The molecule has 4 rings (SSSR count). The van der Waals surface area contributed by atoms with Crippen molar-refractivity contribution in [2.24, 2.45) is 0 Å². The lowest BCUT2D eigenvalue weighted by molar-refractivity contribution is -0.124. The molecule has 2 amide bonds. The standard InChI is InChI=1S/C24H26N4O4/c1-28-22(15-8-9-19(31-2)20(12-15)32-3)21(17-6-4-5-7-18(17)24(28)30)23(29)26-11-10-16-13-25-14-27-16/h4-9,12-14,21-22H,10-11H2,1-3H3,(H,25,27)(H,26,29)/t21-,22+/m1/s1. The van der Waals surface area contributed by atoms with Gasteiger partial charge in [0.2, 0.25) is 5.91 Å². The molecule has 0 spiro atoms. The van der Waals surface area contributed by atoms with Crippen LogP contribution in [0.1, 0.15) is 39.1 Å². The van der Waals surface area contributed by atoms with Crippen molar-refractivity contribution in [3.05, 3.63) is 77.4 Å². The number of carbonyl (C=O) groups excluding carboxylic acids is 2. The zero-order valence-electron chi connectivity index (χ0n) is 18.3. The van der Waals surface area contributed by atoms with E-state index >= 15 is 0 Å². The number of H-pyrrole nitrogens is 1. The minimum Gasteiger partial charge on any atom is -0.493 e. The molecular formula is C24H26N4O4. The summed E-state index contributed by atoms with van der Waals surface area (Å²) in [6, 6.07) is 12.3. The summed E-state index contributed by atoms with van der Waals surface area (Å²) in [6.45, 7) is 0.454. The zero-order valence-corrected chi connectivity index (χ0v) is 18.3. The number of amides is 2. The molecule has 166 valence electrons. The first-order valence-corrected chi connectivity index (χ1v) is 10.4. The Kier molecular flexibility index (Phi) is 6.11. The van der Waals surface area contributed by atoms with Crippen LogP contribution in [-0.2, 0) is 11.2 Å². The molecule has 0 aliphatic carbocycles. The smallest absolute Gasteiger partial charge is 0.254 e. The summed E-state index contributed by atoms with van der Waals surface area (Å²) in [5.41, 5.74) is 3.00. The molecule has 3 aromatic rings. The fourth-order valence-electron chi connectivity index (χ4n) is 4.26. The van der Waals surface area contributed by atoms with Gasteiger partial charge in [-0.15, -0.1) is 0 Å². The summed E-state index contributed by atoms with van der Waals surface area (Å²) in [5, 5.41) is 3.04. The van der Waals surface area contributed by atoms with Crippen LogP contribution in [0.5, 0.6) is 11.5 Å². The Bertz CT molecular complexity index is 1110. The topological polar surface area (TPSA) is 96.5 Å². The van der Waals surface area contributed by atoms with E-state index in [-0.39, 0.29) is 11.8 Å². The van der Waals surface area contributed by atoms with E-state index in [9.17, 15) is 9.59 Å². The molecule has 2 heterocycles. The average Bonchev–Trinajstić information content (AvgIpc) is 3.34. The lowest BCUT2D eigenvalue weighted by atomic mass is 9.79. The third-order valence-electron chi connectivity index (χ3n) is 5.86. The van der Waals surface area contributed by atoms with Gasteiger partial charge < -0.3 is 24.7 Å². The molecule has 1 aliphatic rings. The molecule has 0 radical (unpaired) electrons. The molecule has 8 nitrogen and oxygen atoms in total. The van der Waals surface area contributed by atoms with Gasteiger partial charge in [0, 0.05) is 37.5 Å². The summed E-state index contributed by atoms with van der Waals surface area (Å²) in [4.78, 5) is 35.3. The summed E-state index contributed by atoms with van der Waals surface area (Å²) in [7, 11) is 4.86. The first-order chi connectivity index (χ1) is 15.5. The Labute approximate surface area is 186 Å². The van der Waals surface area contributed by atoms with Gasteiger partial charge >= 0.3 is 0 Å². The summed E-state index contributed by atoms with van der Waals surface area (Å²) in [5.74, 6) is 0.289. The van der Waals surface area contributed by atoms with Crippen LogP contribution in [0.25, 0.3) is 0 Å². The molecule has 0 unspecified atom stereocenters. The van der Waals surface area contributed by atoms with E-state index in [0.717, 1.165) is 16.8 Å². The Morgan fingerprint density at radius 1 is 1.16 bits per heavy atom. The third kappa shape index (κ3) is 3.91.